The number of hydrogen-bond donors (Lipinski definition) is 0. The van der Waals surface area contributed by atoms with Gasteiger partial charge >= 0.3 is 0 Å². The zero-order valence-corrected chi connectivity index (χ0v) is 19.1. The second-order valence-electron chi connectivity index (χ2n) is 8.61. The molecule has 32 heavy (non-hydrogen) atoms. The van der Waals surface area contributed by atoms with Gasteiger partial charge < -0.3 is 9.47 Å². The molecule has 7 heteroatoms. The monoisotopic (exact) mass is 446 g/mol. The van der Waals surface area contributed by atoms with E-state index < -0.39 is 0 Å². The molecule has 0 radical (unpaired) electrons. The molecule has 1 saturated heterocycles. The van der Waals surface area contributed by atoms with Gasteiger partial charge in [-0.3, -0.25) is 4.90 Å². The number of nitrogens with zero attached hydrogens (tertiary/aromatic N) is 4. The lowest BCUT2D eigenvalue weighted by atomic mass is 9.97. The quantitative estimate of drug-likeness (QED) is 0.437. The third-order valence-corrected chi connectivity index (χ3v) is 7.51. The first kappa shape index (κ1) is 20.0. The molecule has 0 unspecified atom stereocenters. The summed E-state index contributed by atoms with van der Waals surface area (Å²) in [5.74, 6) is 2.24. The van der Waals surface area contributed by atoms with E-state index in [2.05, 4.69) is 17.0 Å². The molecule has 6 rings (SSSR count). The van der Waals surface area contributed by atoms with E-state index in [4.69, 9.17) is 24.4 Å². The largest absolute Gasteiger partial charge is 0.436 e. The Kier molecular flexibility index (Phi) is 5.25. The van der Waals surface area contributed by atoms with Crippen molar-refractivity contribution in [2.75, 3.05) is 26.3 Å². The van der Waals surface area contributed by atoms with Gasteiger partial charge in [0, 0.05) is 29.0 Å². The molecule has 164 valence electrons. The predicted molar refractivity (Wildman–Crippen MR) is 127 cm³/mol. The number of fused-ring (bicyclic) bond motifs is 4. The van der Waals surface area contributed by atoms with Crippen LogP contribution >= 0.6 is 11.3 Å². The van der Waals surface area contributed by atoms with Crippen molar-refractivity contribution in [2.24, 2.45) is 0 Å². The number of benzene rings is 1. The van der Waals surface area contributed by atoms with Crippen LogP contribution < -0.4 is 4.74 Å². The number of thiophene rings is 1. The van der Waals surface area contributed by atoms with Crippen LogP contribution in [0.15, 0.2) is 30.3 Å². The lowest BCUT2D eigenvalue weighted by molar-refractivity contribution is 0.0330. The van der Waals surface area contributed by atoms with E-state index in [-0.39, 0.29) is 0 Å². The molecular weight excluding hydrogens is 420 g/mol. The van der Waals surface area contributed by atoms with Crippen LogP contribution in [0.3, 0.4) is 0 Å². The van der Waals surface area contributed by atoms with Gasteiger partial charge in [-0.2, -0.15) is 4.98 Å². The van der Waals surface area contributed by atoms with E-state index >= 15 is 0 Å². The van der Waals surface area contributed by atoms with Crippen molar-refractivity contribution in [1.82, 2.24) is 19.9 Å². The maximum absolute atomic E-state index is 6.56. The van der Waals surface area contributed by atoms with E-state index in [1.54, 1.807) is 0 Å². The van der Waals surface area contributed by atoms with Gasteiger partial charge in [0.15, 0.2) is 5.75 Å². The molecule has 0 N–H and O–H groups in total. The molecule has 1 aliphatic carbocycles. The summed E-state index contributed by atoms with van der Waals surface area (Å²) in [7, 11) is 0. The highest BCUT2D eigenvalue weighted by Gasteiger charge is 2.24. The molecule has 2 aliphatic rings. The Balaban J connectivity index is 1.46. The van der Waals surface area contributed by atoms with E-state index in [0.717, 1.165) is 77.5 Å². The third kappa shape index (κ3) is 3.74. The first-order valence-corrected chi connectivity index (χ1v) is 12.2. The van der Waals surface area contributed by atoms with Crippen molar-refractivity contribution in [1.29, 1.82) is 0 Å². The summed E-state index contributed by atoms with van der Waals surface area (Å²) < 4.78 is 12.1. The van der Waals surface area contributed by atoms with Gasteiger partial charge in [0.2, 0.25) is 5.88 Å². The normalized spacial score (nSPS) is 17.0. The highest BCUT2D eigenvalue weighted by atomic mass is 32.1. The standard InChI is InChI=1S/C25H26N4O2S/c1-16-9-10-17-5-4-7-19(23(17)26-16)31-24-22-18-6-2-3-8-20(18)32-25(22)28-21(27-24)15-29-11-13-30-14-12-29/h4-5,7,9-10H,2-3,6,8,11-15H2,1H3. The molecule has 6 nitrogen and oxygen atoms in total. The molecule has 0 spiro atoms. The Morgan fingerprint density at radius 3 is 2.81 bits per heavy atom. The Morgan fingerprint density at radius 2 is 1.91 bits per heavy atom. The lowest BCUT2D eigenvalue weighted by Gasteiger charge is -2.25. The first-order chi connectivity index (χ1) is 15.7. The summed E-state index contributed by atoms with van der Waals surface area (Å²) in [5, 5.41) is 2.17. The summed E-state index contributed by atoms with van der Waals surface area (Å²) in [6, 6.07) is 10.2. The number of para-hydroxylation sites is 1. The van der Waals surface area contributed by atoms with Gasteiger partial charge in [-0.1, -0.05) is 18.2 Å². The van der Waals surface area contributed by atoms with E-state index in [9.17, 15) is 0 Å². The van der Waals surface area contributed by atoms with Gasteiger partial charge in [0.05, 0.1) is 25.1 Å². The molecule has 4 aromatic rings. The molecule has 0 amide bonds. The molecule has 1 aromatic carbocycles. The maximum atomic E-state index is 6.56. The fourth-order valence-corrected chi connectivity index (χ4v) is 5.94. The SMILES string of the molecule is Cc1ccc2cccc(Oc3nc(CN4CCOCC4)nc4sc5c(c34)CCCC5)c2n1. The third-order valence-electron chi connectivity index (χ3n) is 6.33. The van der Waals surface area contributed by atoms with E-state index in [1.807, 2.05) is 36.5 Å². The maximum Gasteiger partial charge on any atom is 0.231 e. The van der Waals surface area contributed by atoms with Crippen LogP contribution in [0.4, 0.5) is 0 Å². The number of morpholine rings is 1. The predicted octanol–water partition coefficient (Wildman–Crippen LogP) is 5.05. The zero-order chi connectivity index (χ0) is 21.5. The summed E-state index contributed by atoms with van der Waals surface area (Å²) in [4.78, 5) is 19.5. The number of aryl methyl sites for hydroxylation is 3. The molecule has 0 atom stereocenters. The molecule has 0 bridgehead atoms. The summed E-state index contributed by atoms with van der Waals surface area (Å²) >= 11 is 1.82. The summed E-state index contributed by atoms with van der Waals surface area (Å²) in [5.41, 5.74) is 3.23. The fourth-order valence-electron chi connectivity index (χ4n) is 4.67. The van der Waals surface area contributed by atoms with Crippen molar-refractivity contribution < 1.29 is 9.47 Å². The molecule has 3 aromatic heterocycles. The number of hydrogen-bond acceptors (Lipinski definition) is 7. The average Bonchev–Trinajstić information content (AvgIpc) is 3.19. The summed E-state index contributed by atoms with van der Waals surface area (Å²) in [6.45, 7) is 6.07. The lowest BCUT2D eigenvalue weighted by Crippen LogP contribution is -2.36. The molecule has 4 heterocycles. The summed E-state index contributed by atoms with van der Waals surface area (Å²) in [6.07, 6.45) is 4.66. The van der Waals surface area contributed by atoms with Crippen molar-refractivity contribution in [3.63, 3.8) is 0 Å². The van der Waals surface area contributed by atoms with Crippen molar-refractivity contribution >= 4 is 32.5 Å². The number of pyridine rings is 1. The number of ether oxygens (including phenoxy) is 2. The van der Waals surface area contributed by atoms with Gasteiger partial charge in [0.25, 0.3) is 0 Å². The van der Waals surface area contributed by atoms with Crippen molar-refractivity contribution in [3.05, 3.63) is 52.3 Å². The highest BCUT2D eigenvalue weighted by molar-refractivity contribution is 7.18. The van der Waals surface area contributed by atoms with Crippen LogP contribution in [0.25, 0.3) is 21.1 Å². The zero-order valence-electron chi connectivity index (χ0n) is 18.3. The number of rotatable bonds is 4. The molecule has 0 saturated carbocycles. The Morgan fingerprint density at radius 1 is 1.03 bits per heavy atom. The van der Waals surface area contributed by atoms with Gasteiger partial charge in [0.1, 0.15) is 16.2 Å². The van der Waals surface area contributed by atoms with Crippen LogP contribution in [0.2, 0.25) is 0 Å². The minimum atomic E-state index is 0.675. The molecular formula is C25H26N4O2S. The van der Waals surface area contributed by atoms with Crippen LogP contribution in [-0.4, -0.2) is 46.2 Å². The van der Waals surface area contributed by atoms with Gasteiger partial charge in [-0.15, -0.1) is 11.3 Å². The fraction of sp³-hybridized carbons (Fsp3) is 0.400. The van der Waals surface area contributed by atoms with Crippen molar-refractivity contribution in [2.45, 2.75) is 39.2 Å². The second kappa shape index (κ2) is 8.39. The second-order valence-corrected chi connectivity index (χ2v) is 9.69. The minimum absolute atomic E-state index is 0.675. The minimum Gasteiger partial charge on any atom is -0.436 e. The average molecular weight is 447 g/mol. The smallest absolute Gasteiger partial charge is 0.231 e. The van der Waals surface area contributed by atoms with Crippen LogP contribution in [-0.2, 0) is 24.1 Å². The number of aromatic nitrogens is 3. The van der Waals surface area contributed by atoms with Crippen LogP contribution in [0.5, 0.6) is 11.6 Å². The Labute approximate surface area is 191 Å². The van der Waals surface area contributed by atoms with Gasteiger partial charge in [-0.25, -0.2) is 9.97 Å². The highest BCUT2D eigenvalue weighted by Crippen LogP contribution is 2.41. The molecule has 1 aliphatic heterocycles. The topological polar surface area (TPSA) is 60.4 Å². The molecule has 1 fully saturated rings. The Bertz CT molecular complexity index is 1300. The first-order valence-electron chi connectivity index (χ1n) is 11.4. The van der Waals surface area contributed by atoms with Crippen molar-refractivity contribution in [3.8, 4) is 11.6 Å². The van der Waals surface area contributed by atoms with Crippen LogP contribution in [0.1, 0.15) is 34.8 Å². The van der Waals surface area contributed by atoms with Gasteiger partial charge in [-0.05, 0) is 50.3 Å². The van der Waals surface area contributed by atoms with E-state index in [0.29, 0.717) is 12.4 Å². The Hall–Kier alpha value is -2.61. The van der Waals surface area contributed by atoms with E-state index in [1.165, 1.54) is 23.3 Å². The van der Waals surface area contributed by atoms with Crippen LogP contribution in [0, 0.1) is 6.92 Å².